The molecule has 2 aromatic rings. The molecule has 0 fully saturated rings. The molecule has 0 amide bonds. The number of benzene rings is 2. The summed E-state index contributed by atoms with van der Waals surface area (Å²) in [6.45, 7) is 0. The molecule has 1 nitrogen and oxygen atoms in total. The van der Waals surface area contributed by atoms with Gasteiger partial charge in [-0.2, -0.15) is 0 Å². The van der Waals surface area contributed by atoms with E-state index in [9.17, 15) is 0 Å². The third kappa shape index (κ3) is 2.36. The standard InChI is InChI=1S/C14H9ClO/c1-2-11-6-3-4-9-14(11)16-13-8-5-7-12(15)10-13/h1,3-10H. The normalized spacial score (nSPS) is 9.50. The first kappa shape index (κ1) is 10.6. The first-order chi connectivity index (χ1) is 7.79. The second-order valence-electron chi connectivity index (χ2n) is 3.20. The quantitative estimate of drug-likeness (QED) is 0.703. The van der Waals surface area contributed by atoms with Gasteiger partial charge in [-0.15, -0.1) is 6.42 Å². The molecular weight excluding hydrogens is 220 g/mol. The van der Waals surface area contributed by atoms with E-state index in [2.05, 4.69) is 5.92 Å². The smallest absolute Gasteiger partial charge is 0.143 e. The van der Waals surface area contributed by atoms with Gasteiger partial charge in [0.2, 0.25) is 0 Å². The van der Waals surface area contributed by atoms with Crippen LogP contribution >= 0.6 is 11.6 Å². The van der Waals surface area contributed by atoms with E-state index in [1.165, 1.54) is 0 Å². The van der Waals surface area contributed by atoms with Crippen molar-refractivity contribution in [2.24, 2.45) is 0 Å². The molecule has 0 unspecified atom stereocenters. The second kappa shape index (κ2) is 4.74. The highest BCUT2D eigenvalue weighted by atomic mass is 35.5. The average Bonchev–Trinajstić information content (AvgIpc) is 2.30. The van der Waals surface area contributed by atoms with Crippen LogP contribution in [-0.2, 0) is 0 Å². The van der Waals surface area contributed by atoms with Gasteiger partial charge in [-0.05, 0) is 30.3 Å². The minimum Gasteiger partial charge on any atom is -0.456 e. The number of hydrogen-bond acceptors (Lipinski definition) is 1. The van der Waals surface area contributed by atoms with Crippen molar-refractivity contribution < 1.29 is 4.74 Å². The van der Waals surface area contributed by atoms with Crippen molar-refractivity contribution >= 4 is 11.6 Å². The largest absolute Gasteiger partial charge is 0.456 e. The summed E-state index contributed by atoms with van der Waals surface area (Å²) in [7, 11) is 0. The molecule has 0 saturated carbocycles. The zero-order valence-corrected chi connectivity index (χ0v) is 9.24. The zero-order chi connectivity index (χ0) is 11.4. The lowest BCUT2D eigenvalue weighted by molar-refractivity contribution is 0.481. The molecule has 0 aliphatic carbocycles. The van der Waals surface area contributed by atoms with Gasteiger partial charge in [-0.3, -0.25) is 0 Å². The first-order valence-corrected chi connectivity index (χ1v) is 5.16. The molecule has 0 saturated heterocycles. The van der Waals surface area contributed by atoms with Gasteiger partial charge in [0.15, 0.2) is 0 Å². The maximum Gasteiger partial charge on any atom is 0.143 e. The van der Waals surface area contributed by atoms with Crippen molar-refractivity contribution in [3.05, 3.63) is 59.1 Å². The van der Waals surface area contributed by atoms with E-state index in [1.54, 1.807) is 12.1 Å². The fraction of sp³-hybridized carbons (Fsp3) is 0. The topological polar surface area (TPSA) is 9.23 Å². The Hall–Kier alpha value is -1.91. The van der Waals surface area contributed by atoms with E-state index in [-0.39, 0.29) is 0 Å². The highest BCUT2D eigenvalue weighted by Crippen LogP contribution is 2.26. The number of ether oxygens (including phenoxy) is 1. The summed E-state index contributed by atoms with van der Waals surface area (Å²) >= 11 is 5.86. The SMILES string of the molecule is C#Cc1ccccc1Oc1cccc(Cl)c1. The van der Waals surface area contributed by atoms with Crippen LogP contribution < -0.4 is 4.74 Å². The lowest BCUT2D eigenvalue weighted by Gasteiger charge is -2.07. The Kier molecular flexibility index (Phi) is 3.14. The molecule has 0 aliphatic heterocycles. The Morgan fingerprint density at radius 1 is 1.06 bits per heavy atom. The van der Waals surface area contributed by atoms with Crippen LogP contribution in [0, 0.1) is 12.3 Å². The predicted octanol–water partition coefficient (Wildman–Crippen LogP) is 4.11. The summed E-state index contributed by atoms with van der Waals surface area (Å²) in [6, 6.07) is 14.6. The Morgan fingerprint density at radius 2 is 1.88 bits per heavy atom. The Balaban J connectivity index is 2.31. The van der Waals surface area contributed by atoms with Crippen molar-refractivity contribution in [2.75, 3.05) is 0 Å². The van der Waals surface area contributed by atoms with E-state index in [1.807, 2.05) is 36.4 Å². The summed E-state index contributed by atoms with van der Waals surface area (Å²) in [5.74, 6) is 3.91. The third-order valence-corrected chi connectivity index (χ3v) is 2.30. The zero-order valence-electron chi connectivity index (χ0n) is 8.48. The van der Waals surface area contributed by atoms with Crippen molar-refractivity contribution in [2.45, 2.75) is 0 Å². The van der Waals surface area contributed by atoms with Gasteiger partial charge in [-0.1, -0.05) is 35.7 Å². The summed E-state index contributed by atoms with van der Waals surface area (Å²) in [5.41, 5.74) is 0.725. The monoisotopic (exact) mass is 228 g/mol. The van der Waals surface area contributed by atoms with Gasteiger partial charge in [0.1, 0.15) is 11.5 Å². The van der Waals surface area contributed by atoms with Crippen LogP contribution in [-0.4, -0.2) is 0 Å². The number of rotatable bonds is 2. The molecule has 0 radical (unpaired) electrons. The number of para-hydroxylation sites is 1. The Labute approximate surface area is 99.6 Å². The molecule has 0 heterocycles. The maximum atomic E-state index is 5.86. The van der Waals surface area contributed by atoms with Crippen LogP contribution in [0.5, 0.6) is 11.5 Å². The summed E-state index contributed by atoms with van der Waals surface area (Å²) in [6.07, 6.45) is 5.38. The molecule has 0 bridgehead atoms. The van der Waals surface area contributed by atoms with Crippen LogP contribution in [0.4, 0.5) is 0 Å². The van der Waals surface area contributed by atoms with Crippen molar-refractivity contribution in [1.82, 2.24) is 0 Å². The van der Waals surface area contributed by atoms with Crippen LogP contribution in [0.2, 0.25) is 5.02 Å². The van der Waals surface area contributed by atoms with Crippen LogP contribution in [0.1, 0.15) is 5.56 Å². The third-order valence-electron chi connectivity index (χ3n) is 2.07. The van der Waals surface area contributed by atoms with Gasteiger partial charge in [-0.25, -0.2) is 0 Å². The first-order valence-electron chi connectivity index (χ1n) is 4.78. The number of hydrogen-bond donors (Lipinski definition) is 0. The van der Waals surface area contributed by atoms with Gasteiger partial charge in [0, 0.05) is 5.02 Å². The van der Waals surface area contributed by atoms with Gasteiger partial charge in [0.05, 0.1) is 5.56 Å². The molecular formula is C14H9ClO. The van der Waals surface area contributed by atoms with E-state index in [4.69, 9.17) is 22.8 Å². The molecule has 0 N–H and O–H groups in total. The Morgan fingerprint density at radius 3 is 2.62 bits per heavy atom. The van der Waals surface area contributed by atoms with Gasteiger partial charge in [0.25, 0.3) is 0 Å². The van der Waals surface area contributed by atoms with Crippen molar-refractivity contribution in [3.8, 4) is 23.8 Å². The summed E-state index contributed by atoms with van der Waals surface area (Å²) in [5, 5.41) is 0.635. The molecule has 0 aromatic heterocycles. The molecule has 2 aromatic carbocycles. The highest BCUT2D eigenvalue weighted by Gasteiger charge is 2.01. The molecule has 2 heteroatoms. The fourth-order valence-corrected chi connectivity index (χ4v) is 1.51. The van der Waals surface area contributed by atoms with Crippen LogP contribution in [0.25, 0.3) is 0 Å². The number of terminal acetylenes is 1. The molecule has 2 rings (SSSR count). The van der Waals surface area contributed by atoms with E-state index >= 15 is 0 Å². The van der Waals surface area contributed by atoms with Gasteiger partial charge >= 0.3 is 0 Å². The summed E-state index contributed by atoms with van der Waals surface area (Å²) < 4.78 is 5.65. The molecule has 16 heavy (non-hydrogen) atoms. The number of halogens is 1. The predicted molar refractivity (Wildman–Crippen MR) is 65.9 cm³/mol. The lowest BCUT2D eigenvalue weighted by Crippen LogP contribution is -1.87. The molecule has 0 aliphatic rings. The summed E-state index contributed by atoms with van der Waals surface area (Å²) in [4.78, 5) is 0. The molecule has 78 valence electrons. The van der Waals surface area contributed by atoms with Gasteiger partial charge < -0.3 is 4.74 Å². The minimum atomic E-state index is 0.635. The average molecular weight is 229 g/mol. The van der Waals surface area contributed by atoms with Crippen molar-refractivity contribution in [1.29, 1.82) is 0 Å². The molecule has 0 atom stereocenters. The van der Waals surface area contributed by atoms with Crippen LogP contribution in [0.3, 0.4) is 0 Å². The van der Waals surface area contributed by atoms with E-state index in [0.717, 1.165) is 5.56 Å². The fourth-order valence-electron chi connectivity index (χ4n) is 1.33. The second-order valence-corrected chi connectivity index (χ2v) is 3.64. The maximum absolute atomic E-state index is 5.86. The lowest BCUT2D eigenvalue weighted by atomic mass is 10.2. The van der Waals surface area contributed by atoms with Crippen LogP contribution in [0.15, 0.2) is 48.5 Å². The minimum absolute atomic E-state index is 0.635. The molecule has 0 spiro atoms. The Bertz CT molecular complexity index is 540. The van der Waals surface area contributed by atoms with E-state index in [0.29, 0.717) is 16.5 Å². The highest BCUT2D eigenvalue weighted by molar-refractivity contribution is 6.30. The van der Waals surface area contributed by atoms with E-state index < -0.39 is 0 Å². The van der Waals surface area contributed by atoms with Crippen molar-refractivity contribution in [3.63, 3.8) is 0 Å².